The minimum atomic E-state index is -3.63. The van der Waals surface area contributed by atoms with E-state index in [-0.39, 0.29) is 4.96 Å². The normalized spacial score (nSPS) is 12.2. The molecular weight excluding hydrogens is 370 g/mol. The lowest BCUT2D eigenvalue weighted by atomic mass is 10.2. The molecule has 1 aromatic carbocycles. The SMILES string of the molecule is Cc1cc(C)n(-c2cccc(-c3nn4c(C(F)(F)Cl)nnc4s3)c2)n1. The summed E-state index contributed by atoms with van der Waals surface area (Å²) in [6.45, 7) is 3.88. The average molecular weight is 381 g/mol. The predicted octanol–water partition coefficient (Wildman–Crippen LogP) is 3.94. The highest BCUT2D eigenvalue weighted by Gasteiger charge is 2.35. The van der Waals surface area contributed by atoms with Crippen LogP contribution in [-0.2, 0) is 5.38 Å². The van der Waals surface area contributed by atoms with E-state index < -0.39 is 11.2 Å². The first-order valence-electron chi connectivity index (χ1n) is 7.26. The first kappa shape index (κ1) is 16.1. The van der Waals surface area contributed by atoms with Crippen molar-refractivity contribution in [1.29, 1.82) is 0 Å². The number of halogens is 3. The third-order valence-electron chi connectivity index (χ3n) is 3.59. The Morgan fingerprint density at radius 1 is 1.12 bits per heavy atom. The number of hydrogen-bond donors (Lipinski definition) is 0. The van der Waals surface area contributed by atoms with E-state index in [0.29, 0.717) is 5.01 Å². The van der Waals surface area contributed by atoms with Crippen LogP contribution in [0.5, 0.6) is 0 Å². The number of aromatic nitrogens is 6. The van der Waals surface area contributed by atoms with E-state index in [1.807, 2.05) is 48.9 Å². The molecule has 0 bridgehead atoms. The van der Waals surface area contributed by atoms with Gasteiger partial charge in [0.15, 0.2) is 0 Å². The van der Waals surface area contributed by atoms with Gasteiger partial charge in [-0.3, -0.25) is 0 Å². The van der Waals surface area contributed by atoms with Gasteiger partial charge in [0.1, 0.15) is 5.01 Å². The molecule has 0 saturated carbocycles. The van der Waals surface area contributed by atoms with Gasteiger partial charge in [-0.15, -0.1) is 10.2 Å². The molecule has 0 amide bonds. The van der Waals surface area contributed by atoms with Gasteiger partial charge in [-0.2, -0.15) is 23.5 Å². The van der Waals surface area contributed by atoms with Crippen LogP contribution in [0.2, 0.25) is 0 Å². The second-order valence-corrected chi connectivity index (χ2v) is 6.94. The molecule has 0 aliphatic heterocycles. The van der Waals surface area contributed by atoms with Crippen molar-refractivity contribution in [3.05, 3.63) is 47.5 Å². The Hall–Kier alpha value is -2.39. The zero-order chi connectivity index (χ0) is 17.8. The molecule has 25 heavy (non-hydrogen) atoms. The highest BCUT2D eigenvalue weighted by Crippen LogP contribution is 2.34. The van der Waals surface area contributed by atoms with E-state index in [0.717, 1.165) is 38.5 Å². The van der Waals surface area contributed by atoms with Crippen molar-refractivity contribution in [3.63, 3.8) is 0 Å². The number of nitrogens with zero attached hydrogens (tertiary/aromatic N) is 6. The maximum absolute atomic E-state index is 13.4. The van der Waals surface area contributed by atoms with Gasteiger partial charge in [0.05, 0.1) is 11.4 Å². The maximum Gasteiger partial charge on any atom is 0.383 e. The van der Waals surface area contributed by atoms with Crippen molar-refractivity contribution in [2.75, 3.05) is 0 Å². The van der Waals surface area contributed by atoms with Crippen molar-refractivity contribution < 1.29 is 8.78 Å². The van der Waals surface area contributed by atoms with E-state index in [2.05, 4.69) is 20.4 Å². The van der Waals surface area contributed by atoms with Gasteiger partial charge in [0.25, 0.3) is 0 Å². The summed E-state index contributed by atoms with van der Waals surface area (Å²) in [6, 6.07) is 9.50. The largest absolute Gasteiger partial charge is 0.383 e. The summed E-state index contributed by atoms with van der Waals surface area (Å²) in [5, 5.41) is 12.7. The lowest BCUT2D eigenvalue weighted by Crippen LogP contribution is -2.10. The molecule has 0 N–H and O–H groups in total. The van der Waals surface area contributed by atoms with Gasteiger partial charge in [-0.1, -0.05) is 23.5 Å². The van der Waals surface area contributed by atoms with Crippen molar-refractivity contribution >= 4 is 27.9 Å². The van der Waals surface area contributed by atoms with Crippen molar-refractivity contribution in [2.45, 2.75) is 19.2 Å². The number of aryl methyl sites for hydroxylation is 2. The van der Waals surface area contributed by atoms with E-state index in [1.54, 1.807) is 0 Å². The Kier molecular flexibility index (Phi) is 3.58. The number of fused-ring (bicyclic) bond motifs is 1. The van der Waals surface area contributed by atoms with Crippen LogP contribution in [0.3, 0.4) is 0 Å². The number of benzene rings is 1. The van der Waals surface area contributed by atoms with Crippen LogP contribution in [0.15, 0.2) is 30.3 Å². The summed E-state index contributed by atoms with van der Waals surface area (Å²) in [7, 11) is 0. The van der Waals surface area contributed by atoms with Crippen LogP contribution in [0.4, 0.5) is 8.78 Å². The molecule has 0 aliphatic carbocycles. The Balaban J connectivity index is 1.80. The summed E-state index contributed by atoms with van der Waals surface area (Å²) in [5.74, 6) is -0.693. The van der Waals surface area contributed by atoms with Gasteiger partial charge in [0, 0.05) is 11.3 Å². The van der Waals surface area contributed by atoms with Crippen molar-refractivity contribution in [2.24, 2.45) is 0 Å². The van der Waals surface area contributed by atoms with Gasteiger partial charge < -0.3 is 0 Å². The first-order valence-corrected chi connectivity index (χ1v) is 8.46. The molecule has 0 spiro atoms. The lowest BCUT2D eigenvalue weighted by molar-refractivity contribution is 0.0821. The van der Waals surface area contributed by atoms with Gasteiger partial charge in [-0.25, -0.2) is 4.68 Å². The summed E-state index contributed by atoms with van der Waals surface area (Å²) >= 11 is 6.21. The van der Waals surface area contributed by atoms with Gasteiger partial charge >= 0.3 is 5.38 Å². The molecule has 0 fully saturated rings. The Bertz CT molecular complexity index is 1080. The van der Waals surface area contributed by atoms with E-state index in [4.69, 9.17) is 11.6 Å². The topological polar surface area (TPSA) is 60.9 Å². The summed E-state index contributed by atoms with van der Waals surface area (Å²) in [5.41, 5.74) is 3.54. The smallest absolute Gasteiger partial charge is 0.238 e. The zero-order valence-electron chi connectivity index (χ0n) is 13.1. The molecule has 4 aromatic rings. The highest BCUT2D eigenvalue weighted by atomic mass is 35.5. The molecule has 0 saturated heterocycles. The summed E-state index contributed by atoms with van der Waals surface area (Å²) in [4.78, 5) is 0.252. The Morgan fingerprint density at radius 3 is 2.60 bits per heavy atom. The van der Waals surface area contributed by atoms with Crippen LogP contribution in [0.25, 0.3) is 21.2 Å². The molecule has 10 heteroatoms. The molecule has 0 radical (unpaired) electrons. The van der Waals surface area contributed by atoms with Crippen LogP contribution in [0, 0.1) is 13.8 Å². The third-order valence-corrected chi connectivity index (χ3v) is 4.71. The number of alkyl halides is 3. The number of rotatable bonds is 3. The highest BCUT2D eigenvalue weighted by molar-refractivity contribution is 7.19. The fourth-order valence-electron chi connectivity index (χ4n) is 2.57. The van der Waals surface area contributed by atoms with Crippen LogP contribution < -0.4 is 0 Å². The monoisotopic (exact) mass is 380 g/mol. The second kappa shape index (κ2) is 5.57. The zero-order valence-corrected chi connectivity index (χ0v) is 14.7. The second-order valence-electron chi connectivity index (χ2n) is 5.51. The molecule has 0 aliphatic rings. The van der Waals surface area contributed by atoms with E-state index in [9.17, 15) is 8.78 Å². The predicted molar refractivity (Wildman–Crippen MR) is 90.4 cm³/mol. The molecular formula is C15H11ClF2N6S. The molecule has 0 atom stereocenters. The molecule has 6 nitrogen and oxygen atoms in total. The van der Waals surface area contributed by atoms with Crippen molar-refractivity contribution in [3.8, 4) is 16.3 Å². The third kappa shape index (κ3) is 2.79. The fraction of sp³-hybridized carbons (Fsp3) is 0.200. The fourth-order valence-corrected chi connectivity index (χ4v) is 3.52. The first-order chi connectivity index (χ1) is 11.8. The van der Waals surface area contributed by atoms with Crippen molar-refractivity contribution in [1.82, 2.24) is 29.6 Å². The molecule has 3 aromatic heterocycles. The van der Waals surface area contributed by atoms with Crippen LogP contribution in [-0.4, -0.2) is 29.6 Å². The quantitative estimate of drug-likeness (QED) is 0.505. The maximum atomic E-state index is 13.4. The van der Waals surface area contributed by atoms with Crippen LogP contribution >= 0.6 is 22.9 Å². The molecule has 4 rings (SSSR count). The van der Waals surface area contributed by atoms with E-state index in [1.165, 1.54) is 0 Å². The standard InChI is InChI=1S/C15H11ClF2N6S/c1-8-6-9(2)23(21-8)11-5-3-4-10(7-11)12-22-24-13(15(16,17)18)19-20-14(24)25-12/h3-7H,1-2H3. The Labute approximate surface area is 149 Å². The Morgan fingerprint density at radius 2 is 1.92 bits per heavy atom. The van der Waals surface area contributed by atoms with Gasteiger partial charge in [0.2, 0.25) is 10.8 Å². The minimum Gasteiger partial charge on any atom is -0.238 e. The van der Waals surface area contributed by atoms with Crippen LogP contribution in [0.1, 0.15) is 17.2 Å². The molecule has 128 valence electrons. The molecule has 0 unspecified atom stereocenters. The lowest BCUT2D eigenvalue weighted by Gasteiger charge is -2.06. The summed E-state index contributed by atoms with van der Waals surface area (Å²) < 4.78 is 29.5. The average Bonchev–Trinajstić information content (AvgIpc) is 3.19. The molecule has 3 heterocycles. The minimum absolute atomic E-state index is 0.252. The summed E-state index contributed by atoms with van der Waals surface area (Å²) in [6.07, 6.45) is 0. The number of hydrogen-bond acceptors (Lipinski definition) is 5. The van der Waals surface area contributed by atoms with E-state index >= 15 is 0 Å². The van der Waals surface area contributed by atoms with Gasteiger partial charge in [-0.05, 0) is 43.6 Å².